The number of ether oxygens (including phenoxy) is 4. The zero-order valence-electron chi connectivity index (χ0n) is 60.0. The fourth-order valence-electron chi connectivity index (χ4n) is 11.0. The molecule has 0 aromatic carbocycles. The topological polar surface area (TPSA) is 237 Å². The second kappa shape index (κ2) is 63.8. The third-order valence-electron chi connectivity index (χ3n) is 17.6. The molecule has 92 heavy (non-hydrogen) atoms. The quantitative estimate of drug-likeness (QED) is 0.0222. The molecule has 0 radical (unpaired) electrons. The highest BCUT2D eigenvalue weighted by Crippen LogP contribution is 2.45. The standard InChI is InChI=1S/C73H142O17P2/c1-8-11-12-13-14-15-24-28-31-40-47-54-70(75)83-60-68(89-72(77)56-49-42-32-29-26-23-21-19-17-16-18-20-22-25-27-30-38-45-52-65(6)9-2)62-87-91(79,80)85-58-67(74)59-86-92(81,82)88-63-69(61-84-71(76)55-48-41-35-33-37-44-51-64(4)5)90-73(78)57-50-43-36-34-39-46-53-66(7)10-3/h64-69,74H,8-63H2,1-7H3,(H,79,80)(H,81,82)/t65?,66?,67-,68-,69-/m1/s1. The van der Waals surface area contributed by atoms with Gasteiger partial charge < -0.3 is 33.8 Å². The molecule has 7 atom stereocenters. The Bertz CT molecular complexity index is 1810. The van der Waals surface area contributed by atoms with E-state index in [2.05, 4.69) is 48.5 Å². The first kappa shape index (κ1) is 90.1. The summed E-state index contributed by atoms with van der Waals surface area (Å²) in [6.45, 7) is 11.8. The Balaban J connectivity index is 5.15. The summed E-state index contributed by atoms with van der Waals surface area (Å²) < 4.78 is 68.3. The van der Waals surface area contributed by atoms with Crippen LogP contribution in [-0.4, -0.2) is 96.7 Å². The minimum Gasteiger partial charge on any atom is -0.462 e. The van der Waals surface area contributed by atoms with Gasteiger partial charge in [0.1, 0.15) is 19.3 Å². The lowest BCUT2D eigenvalue weighted by Gasteiger charge is -2.21. The minimum absolute atomic E-state index is 0.102. The van der Waals surface area contributed by atoms with E-state index in [1.54, 1.807) is 0 Å². The summed E-state index contributed by atoms with van der Waals surface area (Å²) in [5.74, 6) is 0.143. The Morgan fingerprint density at radius 3 is 0.826 bits per heavy atom. The number of carbonyl (C=O) groups excluding carboxylic acids is 4. The number of hydrogen-bond acceptors (Lipinski definition) is 15. The van der Waals surface area contributed by atoms with Crippen LogP contribution in [0.2, 0.25) is 0 Å². The Labute approximate surface area is 562 Å². The first-order chi connectivity index (χ1) is 44.3. The van der Waals surface area contributed by atoms with E-state index < -0.39 is 97.5 Å². The van der Waals surface area contributed by atoms with Crippen LogP contribution in [0, 0.1) is 17.8 Å². The number of esters is 4. The predicted octanol–water partition coefficient (Wildman–Crippen LogP) is 21.0. The van der Waals surface area contributed by atoms with Gasteiger partial charge in [-0.25, -0.2) is 9.13 Å². The van der Waals surface area contributed by atoms with Crippen LogP contribution in [0.1, 0.15) is 370 Å². The van der Waals surface area contributed by atoms with Gasteiger partial charge in [0.25, 0.3) is 0 Å². The summed E-state index contributed by atoms with van der Waals surface area (Å²) in [6, 6.07) is 0. The summed E-state index contributed by atoms with van der Waals surface area (Å²) in [5, 5.41) is 10.6. The molecule has 0 amide bonds. The second-order valence-corrected chi connectivity index (χ2v) is 30.2. The van der Waals surface area contributed by atoms with Crippen molar-refractivity contribution in [3.63, 3.8) is 0 Å². The lowest BCUT2D eigenvalue weighted by atomic mass is 9.99. The smallest absolute Gasteiger partial charge is 0.462 e. The molecule has 0 aliphatic carbocycles. The molecule has 0 rings (SSSR count). The van der Waals surface area contributed by atoms with Crippen molar-refractivity contribution in [2.45, 2.75) is 388 Å². The Morgan fingerprint density at radius 2 is 0.554 bits per heavy atom. The molecule has 0 aliphatic rings. The Kier molecular flexibility index (Phi) is 62.4. The average Bonchev–Trinajstić information content (AvgIpc) is 1.50. The maximum atomic E-state index is 13.0. The number of unbranched alkanes of at least 4 members (excludes halogenated alkanes) is 37. The van der Waals surface area contributed by atoms with Crippen molar-refractivity contribution in [2.75, 3.05) is 39.6 Å². The molecule has 0 heterocycles. The fourth-order valence-corrected chi connectivity index (χ4v) is 12.6. The van der Waals surface area contributed by atoms with Crippen molar-refractivity contribution < 1.29 is 80.2 Å². The number of phosphoric ester groups is 2. The maximum Gasteiger partial charge on any atom is 0.472 e. The van der Waals surface area contributed by atoms with Crippen molar-refractivity contribution in [2.24, 2.45) is 17.8 Å². The third kappa shape index (κ3) is 64.1. The lowest BCUT2D eigenvalue weighted by Crippen LogP contribution is -2.30. The van der Waals surface area contributed by atoms with Crippen LogP contribution >= 0.6 is 15.6 Å². The molecule has 19 heteroatoms. The average molecular weight is 1350 g/mol. The number of phosphoric acid groups is 2. The summed E-state index contributed by atoms with van der Waals surface area (Å²) in [5.41, 5.74) is 0. The Hall–Kier alpha value is -1.94. The van der Waals surface area contributed by atoms with Crippen LogP contribution < -0.4 is 0 Å². The molecule has 17 nitrogen and oxygen atoms in total. The molecule has 0 spiro atoms. The van der Waals surface area contributed by atoms with Gasteiger partial charge in [0.2, 0.25) is 0 Å². The normalized spacial score (nSPS) is 14.7. The number of aliphatic hydroxyl groups is 1. The van der Waals surface area contributed by atoms with Gasteiger partial charge in [-0.2, -0.15) is 0 Å². The maximum absolute atomic E-state index is 13.0. The van der Waals surface area contributed by atoms with Gasteiger partial charge in [-0.3, -0.25) is 37.3 Å². The summed E-state index contributed by atoms with van der Waals surface area (Å²) >= 11 is 0. The number of aliphatic hydroxyl groups excluding tert-OH is 1. The molecule has 0 aromatic rings. The SMILES string of the molecule is CCCCCCCCCCCCCC(=O)OC[C@H](COP(=O)(O)OC[C@@H](O)COP(=O)(O)OC[C@@H](COC(=O)CCCCCCCCC(C)C)OC(=O)CCCCCCCCC(C)CC)OC(=O)CCCCCCCCCCCCCCCCCCCCC(C)CC. The van der Waals surface area contributed by atoms with Crippen molar-refractivity contribution >= 4 is 39.5 Å². The van der Waals surface area contributed by atoms with Crippen LogP contribution in [0.25, 0.3) is 0 Å². The van der Waals surface area contributed by atoms with Crippen LogP contribution in [0.3, 0.4) is 0 Å². The molecule has 0 aromatic heterocycles. The summed E-state index contributed by atoms with van der Waals surface area (Å²) in [6.07, 6.45) is 48.9. The number of rotatable bonds is 71. The van der Waals surface area contributed by atoms with E-state index in [0.29, 0.717) is 31.6 Å². The van der Waals surface area contributed by atoms with E-state index in [4.69, 9.17) is 37.0 Å². The van der Waals surface area contributed by atoms with Gasteiger partial charge in [-0.1, -0.05) is 318 Å². The van der Waals surface area contributed by atoms with Crippen LogP contribution in [0.5, 0.6) is 0 Å². The first-order valence-electron chi connectivity index (χ1n) is 37.9. The zero-order valence-corrected chi connectivity index (χ0v) is 61.8. The largest absolute Gasteiger partial charge is 0.472 e. The Morgan fingerprint density at radius 1 is 0.315 bits per heavy atom. The minimum atomic E-state index is -4.95. The van der Waals surface area contributed by atoms with E-state index >= 15 is 0 Å². The summed E-state index contributed by atoms with van der Waals surface area (Å²) in [4.78, 5) is 72.5. The molecule has 0 fully saturated rings. The van der Waals surface area contributed by atoms with Gasteiger partial charge in [-0.15, -0.1) is 0 Å². The van der Waals surface area contributed by atoms with Crippen molar-refractivity contribution in [3.8, 4) is 0 Å². The van der Waals surface area contributed by atoms with Gasteiger partial charge in [0, 0.05) is 25.7 Å². The molecule has 546 valence electrons. The summed E-state index contributed by atoms with van der Waals surface area (Å²) in [7, 11) is -9.90. The van der Waals surface area contributed by atoms with Crippen LogP contribution in [0.4, 0.5) is 0 Å². The van der Waals surface area contributed by atoms with Gasteiger partial charge >= 0.3 is 39.5 Å². The lowest BCUT2D eigenvalue weighted by molar-refractivity contribution is -0.161. The predicted molar refractivity (Wildman–Crippen MR) is 372 cm³/mol. The molecule has 4 unspecified atom stereocenters. The monoisotopic (exact) mass is 1350 g/mol. The van der Waals surface area contributed by atoms with Crippen molar-refractivity contribution in [1.29, 1.82) is 0 Å². The number of carbonyl (C=O) groups is 4. The van der Waals surface area contributed by atoms with Crippen molar-refractivity contribution in [1.82, 2.24) is 0 Å². The van der Waals surface area contributed by atoms with E-state index in [9.17, 15) is 43.2 Å². The molecule has 3 N–H and O–H groups in total. The van der Waals surface area contributed by atoms with Crippen LogP contribution in [-0.2, 0) is 65.4 Å². The van der Waals surface area contributed by atoms with Gasteiger partial charge in [0.05, 0.1) is 26.4 Å². The van der Waals surface area contributed by atoms with Gasteiger partial charge in [0.15, 0.2) is 12.2 Å². The second-order valence-electron chi connectivity index (χ2n) is 27.3. The molecule has 0 bridgehead atoms. The highest BCUT2D eigenvalue weighted by Gasteiger charge is 2.30. The van der Waals surface area contributed by atoms with E-state index in [1.807, 2.05) is 0 Å². The highest BCUT2D eigenvalue weighted by atomic mass is 31.2. The van der Waals surface area contributed by atoms with Crippen molar-refractivity contribution in [3.05, 3.63) is 0 Å². The molecular formula is C73H142O17P2. The fraction of sp³-hybridized carbons (Fsp3) is 0.945. The van der Waals surface area contributed by atoms with Gasteiger partial charge in [-0.05, 0) is 43.4 Å². The first-order valence-corrected chi connectivity index (χ1v) is 40.9. The molecular weight excluding hydrogens is 1210 g/mol. The molecule has 0 aliphatic heterocycles. The zero-order chi connectivity index (χ0) is 68.0. The van der Waals surface area contributed by atoms with E-state index in [-0.39, 0.29) is 25.7 Å². The number of hydrogen-bond donors (Lipinski definition) is 3. The molecule has 0 saturated heterocycles. The van der Waals surface area contributed by atoms with E-state index in [1.165, 1.54) is 173 Å². The van der Waals surface area contributed by atoms with E-state index in [0.717, 1.165) is 108 Å². The third-order valence-corrected chi connectivity index (χ3v) is 19.5. The highest BCUT2D eigenvalue weighted by molar-refractivity contribution is 7.47. The van der Waals surface area contributed by atoms with Crippen LogP contribution in [0.15, 0.2) is 0 Å². The molecule has 0 saturated carbocycles.